The summed E-state index contributed by atoms with van der Waals surface area (Å²) in [6.07, 6.45) is 2.61. The summed E-state index contributed by atoms with van der Waals surface area (Å²) in [6, 6.07) is 22.1. The maximum atomic E-state index is 13.6. The predicted octanol–water partition coefficient (Wildman–Crippen LogP) is 4.66. The first kappa shape index (κ1) is 19.0. The summed E-state index contributed by atoms with van der Waals surface area (Å²) in [6.45, 7) is 2.85. The Bertz CT molecular complexity index is 1270. The van der Waals surface area contributed by atoms with Crippen molar-refractivity contribution in [1.29, 1.82) is 0 Å². The number of hydrogen-bond acceptors (Lipinski definition) is 3. The van der Waals surface area contributed by atoms with Gasteiger partial charge in [0.1, 0.15) is 5.65 Å². The smallest absolute Gasteiger partial charge is 0.257 e. The molecule has 1 aliphatic rings. The minimum absolute atomic E-state index is 0.0656. The minimum Gasteiger partial charge on any atom is -0.294 e. The lowest BCUT2D eigenvalue weighted by Gasteiger charge is -2.30. The average Bonchev–Trinajstić information content (AvgIpc) is 2.77. The molecule has 5 heteroatoms. The van der Waals surface area contributed by atoms with E-state index in [1.165, 1.54) is 0 Å². The summed E-state index contributed by atoms with van der Waals surface area (Å²) in [5, 5.41) is 1.83. The zero-order valence-electron chi connectivity index (χ0n) is 16.6. The molecule has 30 heavy (non-hydrogen) atoms. The molecule has 2 aromatic heterocycles. The van der Waals surface area contributed by atoms with Crippen molar-refractivity contribution in [2.45, 2.75) is 26.1 Å². The monoisotopic (exact) mass is 415 g/mol. The van der Waals surface area contributed by atoms with E-state index in [0.717, 1.165) is 57.8 Å². The van der Waals surface area contributed by atoms with Crippen molar-refractivity contribution in [2.24, 2.45) is 0 Å². The second-order valence-electron chi connectivity index (χ2n) is 7.80. The van der Waals surface area contributed by atoms with E-state index >= 15 is 0 Å². The third kappa shape index (κ3) is 3.64. The summed E-state index contributed by atoms with van der Waals surface area (Å²) >= 11 is 6.15. The van der Waals surface area contributed by atoms with Crippen LogP contribution in [0.1, 0.15) is 22.3 Å². The topological polar surface area (TPSA) is 38.1 Å². The van der Waals surface area contributed by atoms with E-state index in [0.29, 0.717) is 13.1 Å². The number of rotatable bonds is 4. The molecule has 0 fully saturated rings. The fourth-order valence-corrected chi connectivity index (χ4v) is 4.57. The van der Waals surface area contributed by atoms with Crippen LogP contribution in [0, 0.1) is 0 Å². The van der Waals surface area contributed by atoms with Crippen molar-refractivity contribution < 1.29 is 0 Å². The lowest BCUT2D eigenvalue weighted by Crippen LogP contribution is -2.37. The highest BCUT2D eigenvalue weighted by Gasteiger charge is 2.24. The van der Waals surface area contributed by atoms with Gasteiger partial charge < -0.3 is 0 Å². The molecular weight excluding hydrogens is 394 g/mol. The Morgan fingerprint density at radius 2 is 1.73 bits per heavy atom. The Morgan fingerprint density at radius 3 is 2.57 bits per heavy atom. The van der Waals surface area contributed by atoms with Gasteiger partial charge in [0.15, 0.2) is 0 Å². The molecule has 0 unspecified atom stereocenters. The molecule has 0 aliphatic carbocycles. The van der Waals surface area contributed by atoms with Gasteiger partial charge in [-0.2, -0.15) is 0 Å². The van der Waals surface area contributed by atoms with Crippen LogP contribution < -0.4 is 5.56 Å². The van der Waals surface area contributed by atoms with Crippen LogP contribution >= 0.6 is 11.6 Å². The van der Waals surface area contributed by atoms with Gasteiger partial charge in [-0.25, -0.2) is 4.98 Å². The third-order valence-electron chi connectivity index (χ3n) is 5.77. The first-order valence-corrected chi connectivity index (χ1v) is 10.6. The summed E-state index contributed by atoms with van der Waals surface area (Å²) in [7, 11) is 0. The summed E-state index contributed by atoms with van der Waals surface area (Å²) in [5.41, 5.74) is 5.13. The second kappa shape index (κ2) is 8.05. The van der Waals surface area contributed by atoms with Gasteiger partial charge in [-0.05, 0) is 47.4 Å². The zero-order chi connectivity index (χ0) is 20.5. The minimum atomic E-state index is 0.0656. The number of hydrogen-bond donors (Lipinski definition) is 0. The molecule has 0 radical (unpaired) electrons. The maximum absolute atomic E-state index is 13.6. The summed E-state index contributed by atoms with van der Waals surface area (Å²) < 4.78 is 1.83. The molecule has 5 rings (SSSR count). The summed E-state index contributed by atoms with van der Waals surface area (Å²) in [4.78, 5) is 20.5. The van der Waals surface area contributed by atoms with E-state index in [9.17, 15) is 4.79 Å². The first-order valence-electron chi connectivity index (χ1n) is 10.2. The van der Waals surface area contributed by atoms with Crippen molar-refractivity contribution in [3.05, 3.63) is 111 Å². The number of pyridine rings is 2. The van der Waals surface area contributed by atoms with Crippen LogP contribution in [0.15, 0.2) is 77.7 Å². The lowest BCUT2D eigenvalue weighted by atomic mass is 9.97. The molecule has 0 amide bonds. The number of halogens is 1. The van der Waals surface area contributed by atoms with Gasteiger partial charge in [-0.15, -0.1) is 0 Å². The van der Waals surface area contributed by atoms with E-state index in [4.69, 9.17) is 11.6 Å². The van der Waals surface area contributed by atoms with Gasteiger partial charge in [0.05, 0.1) is 6.54 Å². The van der Waals surface area contributed by atoms with Gasteiger partial charge in [0.25, 0.3) is 5.56 Å². The van der Waals surface area contributed by atoms with Crippen LogP contribution in [0.5, 0.6) is 0 Å². The van der Waals surface area contributed by atoms with Crippen LogP contribution in [0.25, 0.3) is 11.0 Å². The fourth-order valence-electron chi connectivity index (χ4n) is 4.36. The maximum Gasteiger partial charge on any atom is 0.257 e. The SMILES string of the molecule is O=c1c2c(c3cccnc3n1Cc1ccccc1)CCN(Cc1cccc(Cl)c1)C2. The molecule has 2 aromatic carbocycles. The number of nitrogens with zero attached hydrogens (tertiary/aromatic N) is 3. The number of fused-ring (bicyclic) bond motifs is 3. The van der Waals surface area contributed by atoms with E-state index in [1.54, 1.807) is 6.20 Å². The van der Waals surface area contributed by atoms with E-state index in [-0.39, 0.29) is 5.56 Å². The Morgan fingerprint density at radius 1 is 0.900 bits per heavy atom. The lowest BCUT2D eigenvalue weighted by molar-refractivity contribution is 0.244. The number of aromatic nitrogens is 2. The van der Waals surface area contributed by atoms with Crippen molar-refractivity contribution >= 4 is 22.6 Å². The average molecular weight is 416 g/mol. The Balaban J connectivity index is 1.55. The Labute approximate surface area is 180 Å². The molecule has 0 saturated carbocycles. The van der Waals surface area contributed by atoms with Crippen LogP contribution in [0.2, 0.25) is 5.02 Å². The molecule has 4 aromatic rings. The highest BCUT2D eigenvalue weighted by molar-refractivity contribution is 6.30. The highest BCUT2D eigenvalue weighted by Crippen LogP contribution is 2.26. The highest BCUT2D eigenvalue weighted by atomic mass is 35.5. The van der Waals surface area contributed by atoms with Crippen LogP contribution in [-0.2, 0) is 26.1 Å². The molecule has 0 N–H and O–H groups in total. The van der Waals surface area contributed by atoms with Gasteiger partial charge >= 0.3 is 0 Å². The number of benzene rings is 2. The largest absolute Gasteiger partial charge is 0.294 e. The van der Waals surface area contributed by atoms with Crippen LogP contribution in [0.3, 0.4) is 0 Å². The van der Waals surface area contributed by atoms with Gasteiger partial charge in [-0.1, -0.05) is 54.1 Å². The molecule has 0 spiro atoms. The molecular formula is C25H22ClN3O. The normalized spacial score (nSPS) is 14.0. The Kier molecular flexibility index (Phi) is 5.11. The quantitative estimate of drug-likeness (QED) is 0.486. The zero-order valence-corrected chi connectivity index (χ0v) is 17.3. The van der Waals surface area contributed by atoms with Gasteiger partial charge in [-0.3, -0.25) is 14.3 Å². The van der Waals surface area contributed by atoms with Crippen molar-refractivity contribution in [1.82, 2.24) is 14.5 Å². The Hall–Kier alpha value is -2.95. The van der Waals surface area contributed by atoms with Gasteiger partial charge in [0, 0.05) is 41.8 Å². The first-order chi connectivity index (χ1) is 14.7. The molecule has 4 nitrogen and oxygen atoms in total. The van der Waals surface area contributed by atoms with Crippen molar-refractivity contribution in [2.75, 3.05) is 6.54 Å². The molecule has 0 atom stereocenters. The molecule has 0 saturated heterocycles. The van der Waals surface area contributed by atoms with E-state index < -0.39 is 0 Å². The van der Waals surface area contributed by atoms with Crippen molar-refractivity contribution in [3.63, 3.8) is 0 Å². The summed E-state index contributed by atoms with van der Waals surface area (Å²) in [5.74, 6) is 0. The third-order valence-corrected chi connectivity index (χ3v) is 6.01. The standard InChI is InChI=1S/C25H22ClN3O/c26-20-9-4-8-19(14-20)15-28-13-11-21-22-10-5-12-27-24(22)29(25(30)23(21)17-28)16-18-6-2-1-3-7-18/h1-10,12,14H,11,13,15-17H2. The molecule has 1 aliphatic heterocycles. The van der Waals surface area contributed by atoms with Gasteiger partial charge in [0.2, 0.25) is 0 Å². The van der Waals surface area contributed by atoms with E-state index in [2.05, 4.69) is 22.0 Å². The predicted molar refractivity (Wildman–Crippen MR) is 121 cm³/mol. The van der Waals surface area contributed by atoms with E-state index in [1.807, 2.05) is 59.2 Å². The van der Waals surface area contributed by atoms with Crippen LogP contribution in [-0.4, -0.2) is 21.0 Å². The van der Waals surface area contributed by atoms with Crippen molar-refractivity contribution in [3.8, 4) is 0 Å². The fraction of sp³-hybridized carbons (Fsp3) is 0.200. The molecule has 0 bridgehead atoms. The molecule has 150 valence electrons. The second-order valence-corrected chi connectivity index (χ2v) is 8.24. The molecule has 3 heterocycles. The van der Waals surface area contributed by atoms with Crippen LogP contribution in [0.4, 0.5) is 0 Å².